The Labute approximate surface area is 141 Å². The Kier molecular flexibility index (Phi) is 5.43. The van der Waals surface area contributed by atoms with Crippen LogP contribution in [0, 0.1) is 0 Å². The highest BCUT2D eigenvalue weighted by Gasteiger charge is 2.25. The van der Waals surface area contributed by atoms with E-state index in [9.17, 15) is 4.79 Å². The minimum Gasteiger partial charge on any atom is -0.480 e. The number of benzene rings is 1. The van der Waals surface area contributed by atoms with Crippen molar-refractivity contribution in [3.63, 3.8) is 0 Å². The Bertz CT molecular complexity index is 686. The van der Waals surface area contributed by atoms with E-state index in [1.807, 2.05) is 28.8 Å². The number of carbonyl (C=O) groups excluding carboxylic acids is 1. The molecule has 0 spiro atoms. The smallest absolute Gasteiger partial charge is 0.261 e. The van der Waals surface area contributed by atoms with Gasteiger partial charge in [0.1, 0.15) is 17.9 Å². The number of para-hydroxylation sites is 1. The molecule has 1 aromatic carbocycles. The van der Waals surface area contributed by atoms with Crippen molar-refractivity contribution < 1.29 is 14.3 Å². The zero-order valence-electron chi connectivity index (χ0n) is 13.8. The highest BCUT2D eigenvalue weighted by Crippen LogP contribution is 2.26. The number of nitrogens with zero attached hydrogens (tertiary/aromatic N) is 3. The largest absolute Gasteiger partial charge is 0.480 e. The molecule has 1 aromatic heterocycles. The number of rotatable bonds is 7. The van der Waals surface area contributed by atoms with Crippen molar-refractivity contribution in [2.75, 3.05) is 20.3 Å². The van der Waals surface area contributed by atoms with E-state index in [-0.39, 0.29) is 5.91 Å². The minimum absolute atomic E-state index is 0.0764. The van der Waals surface area contributed by atoms with Crippen molar-refractivity contribution in [3.05, 3.63) is 42.0 Å². The van der Waals surface area contributed by atoms with E-state index in [0.29, 0.717) is 32.5 Å². The SMILES string of the molecule is COCCn1cnnc1CCNC(=O)C1CCc2ccccc2O1. The Balaban J connectivity index is 1.47. The fourth-order valence-electron chi connectivity index (χ4n) is 2.77. The first kappa shape index (κ1) is 16.4. The summed E-state index contributed by atoms with van der Waals surface area (Å²) in [5.74, 6) is 1.57. The summed E-state index contributed by atoms with van der Waals surface area (Å²) in [6, 6.07) is 7.86. The molecule has 0 fully saturated rings. The predicted molar refractivity (Wildman–Crippen MR) is 87.8 cm³/mol. The van der Waals surface area contributed by atoms with Crippen LogP contribution < -0.4 is 10.1 Å². The number of aryl methyl sites for hydroxylation is 1. The van der Waals surface area contributed by atoms with Crippen LogP contribution in [0.1, 0.15) is 17.8 Å². The van der Waals surface area contributed by atoms with Crippen LogP contribution in [0.5, 0.6) is 5.75 Å². The Hall–Kier alpha value is -2.41. The number of methoxy groups -OCH3 is 1. The van der Waals surface area contributed by atoms with E-state index in [4.69, 9.17) is 9.47 Å². The summed E-state index contributed by atoms with van der Waals surface area (Å²) in [6.07, 6.45) is 3.44. The van der Waals surface area contributed by atoms with Gasteiger partial charge in [-0.05, 0) is 24.5 Å². The topological polar surface area (TPSA) is 78.3 Å². The number of hydrogen-bond acceptors (Lipinski definition) is 5. The quantitative estimate of drug-likeness (QED) is 0.819. The molecule has 0 aliphatic carbocycles. The van der Waals surface area contributed by atoms with Crippen LogP contribution in [0.4, 0.5) is 0 Å². The lowest BCUT2D eigenvalue weighted by Gasteiger charge is -2.25. The van der Waals surface area contributed by atoms with Gasteiger partial charge in [-0.25, -0.2) is 0 Å². The molecular formula is C17H22N4O3. The van der Waals surface area contributed by atoms with Gasteiger partial charge in [0.2, 0.25) is 0 Å². The van der Waals surface area contributed by atoms with Crippen molar-refractivity contribution >= 4 is 5.91 Å². The molecule has 0 saturated heterocycles. The second-order valence-corrected chi connectivity index (χ2v) is 5.73. The maximum absolute atomic E-state index is 12.3. The highest BCUT2D eigenvalue weighted by molar-refractivity contribution is 5.81. The van der Waals surface area contributed by atoms with Crippen LogP contribution in [-0.2, 0) is 28.9 Å². The summed E-state index contributed by atoms with van der Waals surface area (Å²) in [5, 5.41) is 10.9. The standard InChI is InChI=1S/C17H22N4O3/c1-23-11-10-21-12-19-20-16(21)8-9-18-17(22)15-7-6-13-4-2-3-5-14(13)24-15/h2-5,12,15H,6-11H2,1H3,(H,18,22). The molecule has 7 nitrogen and oxygen atoms in total. The molecule has 0 saturated carbocycles. The van der Waals surface area contributed by atoms with Crippen molar-refractivity contribution in [1.29, 1.82) is 0 Å². The normalized spacial score (nSPS) is 16.3. The third kappa shape index (κ3) is 3.91. The van der Waals surface area contributed by atoms with Gasteiger partial charge in [0.05, 0.1) is 6.61 Å². The van der Waals surface area contributed by atoms with Crippen molar-refractivity contribution in [3.8, 4) is 5.75 Å². The Morgan fingerprint density at radius 2 is 2.33 bits per heavy atom. The molecule has 7 heteroatoms. The van der Waals surface area contributed by atoms with E-state index < -0.39 is 6.10 Å². The fourth-order valence-corrected chi connectivity index (χ4v) is 2.77. The van der Waals surface area contributed by atoms with Crippen LogP contribution in [0.2, 0.25) is 0 Å². The van der Waals surface area contributed by atoms with E-state index in [0.717, 1.165) is 23.6 Å². The number of hydrogen-bond donors (Lipinski definition) is 1. The third-order valence-corrected chi connectivity index (χ3v) is 4.09. The number of fused-ring (bicyclic) bond motifs is 1. The van der Waals surface area contributed by atoms with E-state index in [1.165, 1.54) is 0 Å². The molecule has 2 aromatic rings. The first-order valence-corrected chi connectivity index (χ1v) is 8.16. The number of nitrogens with one attached hydrogen (secondary N) is 1. The minimum atomic E-state index is -0.425. The molecular weight excluding hydrogens is 308 g/mol. The Morgan fingerprint density at radius 3 is 3.21 bits per heavy atom. The molecule has 1 N–H and O–H groups in total. The summed E-state index contributed by atoms with van der Waals surface area (Å²) in [4.78, 5) is 12.3. The first-order valence-electron chi connectivity index (χ1n) is 8.16. The van der Waals surface area contributed by atoms with Gasteiger partial charge in [-0.1, -0.05) is 18.2 Å². The molecule has 0 bridgehead atoms. The molecule has 0 radical (unpaired) electrons. The summed E-state index contributed by atoms with van der Waals surface area (Å²) >= 11 is 0. The molecule has 1 aliphatic heterocycles. The van der Waals surface area contributed by atoms with Gasteiger partial charge >= 0.3 is 0 Å². The van der Waals surface area contributed by atoms with Crippen LogP contribution in [0.15, 0.2) is 30.6 Å². The zero-order valence-corrected chi connectivity index (χ0v) is 13.8. The monoisotopic (exact) mass is 330 g/mol. The van der Waals surface area contributed by atoms with E-state index in [2.05, 4.69) is 15.5 Å². The lowest BCUT2D eigenvalue weighted by atomic mass is 10.0. The van der Waals surface area contributed by atoms with Gasteiger partial charge in [-0.15, -0.1) is 10.2 Å². The molecule has 1 atom stereocenters. The number of ether oxygens (including phenoxy) is 2. The summed E-state index contributed by atoms with van der Waals surface area (Å²) in [5.41, 5.74) is 1.16. The number of aromatic nitrogens is 3. The molecule has 3 rings (SSSR count). The van der Waals surface area contributed by atoms with Crippen molar-refractivity contribution in [2.24, 2.45) is 0 Å². The third-order valence-electron chi connectivity index (χ3n) is 4.09. The zero-order chi connectivity index (χ0) is 16.8. The van der Waals surface area contributed by atoms with Crippen LogP contribution in [0.25, 0.3) is 0 Å². The average molecular weight is 330 g/mol. The predicted octanol–water partition coefficient (Wildman–Crippen LogP) is 0.977. The highest BCUT2D eigenvalue weighted by atomic mass is 16.5. The summed E-state index contributed by atoms with van der Waals surface area (Å²) < 4.78 is 12.8. The number of amides is 1. The second-order valence-electron chi connectivity index (χ2n) is 5.73. The van der Waals surface area contributed by atoms with Crippen molar-refractivity contribution in [2.45, 2.75) is 31.9 Å². The molecule has 24 heavy (non-hydrogen) atoms. The van der Waals surface area contributed by atoms with Crippen LogP contribution in [-0.4, -0.2) is 47.0 Å². The second kappa shape index (κ2) is 7.92. The fraction of sp³-hybridized carbons (Fsp3) is 0.471. The molecule has 1 amide bonds. The summed E-state index contributed by atoms with van der Waals surface area (Å²) in [6.45, 7) is 1.81. The van der Waals surface area contributed by atoms with Gasteiger partial charge in [0.25, 0.3) is 5.91 Å². The maximum atomic E-state index is 12.3. The van der Waals surface area contributed by atoms with Gasteiger partial charge < -0.3 is 19.4 Å². The molecule has 2 heterocycles. The molecule has 1 unspecified atom stereocenters. The van der Waals surface area contributed by atoms with Crippen molar-refractivity contribution in [1.82, 2.24) is 20.1 Å². The number of carbonyl (C=O) groups is 1. The lowest BCUT2D eigenvalue weighted by Crippen LogP contribution is -2.41. The van der Waals surface area contributed by atoms with Gasteiger partial charge in [0.15, 0.2) is 6.10 Å². The maximum Gasteiger partial charge on any atom is 0.261 e. The van der Waals surface area contributed by atoms with Gasteiger partial charge in [-0.2, -0.15) is 0 Å². The van der Waals surface area contributed by atoms with E-state index >= 15 is 0 Å². The lowest BCUT2D eigenvalue weighted by molar-refractivity contribution is -0.128. The van der Waals surface area contributed by atoms with E-state index in [1.54, 1.807) is 13.4 Å². The van der Waals surface area contributed by atoms with Crippen LogP contribution in [0.3, 0.4) is 0 Å². The van der Waals surface area contributed by atoms with Crippen LogP contribution >= 0.6 is 0 Å². The van der Waals surface area contributed by atoms with Gasteiger partial charge in [-0.3, -0.25) is 4.79 Å². The van der Waals surface area contributed by atoms with Gasteiger partial charge in [0, 0.05) is 26.6 Å². The average Bonchev–Trinajstić information content (AvgIpc) is 3.06. The summed E-state index contributed by atoms with van der Waals surface area (Å²) in [7, 11) is 1.66. The first-order chi connectivity index (χ1) is 11.8. The molecule has 1 aliphatic rings. The Morgan fingerprint density at radius 1 is 1.46 bits per heavy atom. The molecule has 128 valence electrons.